The first-order valence-electron chi connectivity index (χ1n) is 7.51. The van der Waals surface area contributed by atoms with Gasteiger partial charge in [-0.15, -0.1) is 0 Å². The normalized spacial score (nSPS) is 30.4. The van der Waals surface area contributed by atoms with Crippen molar-refractivity contribution in [1.29, 1.82) is 0 Å². The molecule has 4 atom stereocenters. The van der Waals surface area contributed by atoms with E-state index in [1.807, 2.05) is 6.92 Å². The number of carboxylic acid groups (broad SMARTS) is 1. The lowest BCUT2D eigenvalue weighted by molar-refractivity contribution is -0.146. The van der Waals surface area contributed by atoms with E-state index in [1.54, 1.807) is 0 Å². The number of esters is 1. The standard InChI is InChI=1S/C16H19NO5/c1-2-17-11-7-8-12(17)14(13(11)15(19)20)22-16(21)9-3-5-10(18)6-4-9/h3-6,11-14,18H,2,7-8H2,1H3,(H,19,20)/t11-,12+,13+,14-/m0/s1. The summed E-state index contributed by atoms with van der Waals surface area (Å²) in [7, 11) is 0. The lowest BCUT2D eigenvalue weighted by Crippen LogP contribution is -2.40. The fourth-order valence-electron chi connectivity index (χ4n) is 3.83. The van der Waals surface area contributed by atoms with Crippen LogP contribution in [0.3, 0.4) is 0 Å². The van der Waals surface area contributed by atoms with Gasteiger partial charge in [-0.3, -0.25) is 9.69 Å². The maximum atomic E-state index is 12.2. The van der Waals surface area contributed by atoms with Crippen LogP contribution in [0.4, 0.5) is 0 Å². The number of hydrogen-bond donors (Lipinski definition) is 2. The number of carbonyl (C=O) groups is 2. The molecule has 0 radical (unpaired) electrons. The number of nitrogens with zero attached hydrogens (tertiary/aromatic N) is 1. The van der Waals surface area contributed by atoms with Gasteiger partial charge in [0.25, 0.3) is 0 Å². The molecule has 0 spiro atoms. The van der Waals surface area contributed by atoms with Crippen LogP contribution in [0.5, 0.6) is 5.75 Å². The van der Waals surface area contributed by atoms with Crippen molar-refractivity contribution in [2.24, 2.45) is 5.92 Å². The summed E-state index contributed by atoms with van der Waals surface area (Å²) in [6, 6.07) is 5.69. The monoisotopic (exact) mass is 305 g/mol. The number of rotatable bonds is 4. The predicted molar refractivity (Wildman–Crippen MR) is 77.6 cm³/mol. The van der Waals surface area contributed by atoms with Crippen LogP contribution in [-0.4, -0.2) is 51.8 Å². The zero-order chi connectivity index (χ0) is 15.9. The topological polar surface area (TPSA) is 87.1 Å². The van der Waals surface area contributed by atoms with Crippen LogP contribution in [0.15, 0.2) is 24.3 Å². The number of aromatic hydroxyl groups is 1. The Hall–Kier alpha value is -2.08. The zero-order valence-corrected chi connectivity index (χ0v) is 12.3. The third kappa shape index (κ3) is 2.33. The van der Waals surface area contributed by atoms with E-state index >= 15 is 0 Å². The van der Waals surface area contributed by atoms with Gasteiger partial charge in [0.05, 0.1) is 5.56 Å². The molecule has 2 heterocycles. The highest BCUT2D eigenvalue weighted by molar-refractivity contribution is 5.90. The fourth-order valence-corrected chi connectivity index (χ4v) is 3.83. The van der Waals surface area contributed by atoms with Crippen LogP contribution in [0, 0.1) is 5.92 Å². The first-order chi connectivity index (χ1) is 10.5. The summed E-state index contributed by atoms with van der Waals surface area (Å²) in [6.07, 6.45) is 1.08. The fraction of sp³-hybridized carbons (Fsp3) is 0.500. The van der Waals surface area contributed by atoms with Crippen LogP contribution in [-0.2, 0) is 9.53 Å². The molecule has 2 aliphatic rings. The third-order valence-corrected chi connectivity index (χ3v) is 4.75. The number of ether oxygens (including phenoxy) is 1. The summed E-state index contributed by atoms with van der Waals surface area (Å²) < 4.78 is 5.53. The summed E-state index contributed by atoms with van der Waals surface area (Å²) in [5.74, 6) is -2.05. The maximum absolute atomic E-state index is 12.2. The molecule has 0 saturated carbocycles. The molecule has 1 aromatic rings. The van der Waals surface area contributed by atoms with E-state index in [9.17, 15) is 19.8 Å². The largest absolute Gasteiger partial charge is 0.508 e. The maximum Gasteiger partial charge on any atom is 0.338 e. The zero-order valence-electron chi connectivity index (χ0n) is 12.3. The number of likely N-dealkylation sites (N-methyl/N-ethyl adjacent to an activating group) is 1. The Morgan fingerprint density at radius 2 is 1.86 bits per heavy atom. The Balaban J connectivity index is 1.79. The highest BCUT2D eigenvalue weighted by atomic mass is 16.5. The lowest BCUT2D eigenvalue weighted by Gasteiger charge is -2.26. The molecule has 2 aliphatic heterocycles. The second-order valence-electron chi connectivity index (χ2n) is 5.82. The Bertz CT molecular complexity index is 585. The van der Waals surface area contributed by atoms with E-state index in [2.05, 4.69) is 4.90 Å². The van der Waals surface area contributed by atoms with Gasteiger partial charge in [-0.05, 0) is 43.7 Å². The molecule has 2 N–H and O–H groups in total. The van der Waals surface area contributed by atoms with E-state index in [1.165, 1.54) is 24.3 Å². The van der Waals surface area contributed by atoms with Crippen molar-refractivity contribution in [3.8, 4) is 5.75 Å². The van der Waals surface area contributed by atoms with Crippen molar-refractivity contribution in [3.05, 3.63) is 29.8 Å². The van der Waals surface area contributed by atoms with Crippen molar-refractivity contribution in [2.45, 2.75) is 38.0 Å². The smallest absolute Gasteiger partial charge is 0.338 e. The van der Waals surface area contributed by atoms with Crippen molar-refractivity contribution >= 4 is 11.9 Å². The minimum Gasteiger partial charge on any atom is -0.508 e. The van der Waals surface area contributed by atoms with E-state index < -0.39 is 24.0 Å². The average Bonchev–Trinajstić information content (AvgIpc) is 3.02. The van der Waals surface area contributed by atoms with Crippen molar-refractivity contribution < 1.29 is 24.5 Å². The van der Waals surface area contributed by atoms with Gasteiger partial charge in [0.1, 0.15) is 17.8 Å². The SMILES string of the molecule is CCN1[C@@H]2CC[C@H]1[C@@H](C(=O)O)[C@H]2OC(=O)c1ccc(O)cc1. The summed E-state index contributed by atoms with van der Waals surface area (Å²) in [5.41, 5.74) is 0.313. The molecule has 0 aliphatic carbocycles. The molecule has 118 valence electrons. The number of phenolic OH excluding ortho intramolecular Hbond substituents is 1. The summed E-state index contributed by atoms with van der Waals surface area (Å²) in [5, 5.41) is 18.7. The molecular weight excluding hydrogens is 286 g/mol. The highest BCUT2D eigenvalue weighted by Crippen LogP contribution is 2.43. The highest BCUT2D eigenvalue weighted by Gasteiger charge is 2.57. The number of benzene rings is 1. The Morgan fingerprint density at radius 3 is 2.45 bits per heavy atom. The Labute approximate surface area is 128 Å². The van der Waals surface area contributed by atoms with Crippen LogP contribution in [0.1, 0.15) is 30.1 Å². The summed E-state index contributed by atoms with van der Waals surface area (Å²) in [4.78, 5) is 25.9. The molecule has 22 heavy (non-hydrogen) atoms. The second-order valence-corrected chi connectivity index (χ2v) is 5.82. The van der Waals surface area contributed by atoms with Crippen molar-refractivity contribution in [3.63, 3.8) is 0 Å². The van der Waals surface area contributed by atoms with Crippen LogP contribution in [0.2, 0.25) is 0 Å². The van der Waals surface area contributed by atoms with Gasteiger partial charge in [0, 0.05) is 12.1 Å². The number of phenols is 1. The van der Waals surface area contributed by atoms with Gasteiger partial charge in [0.2, 0.25) is 0 Å². The third-order valence-electron chi connectivity index (χ3n) is 4.75. The minimum absolute atomic E-state index is 0.0165. The predicted octanol–water partition coefficient (Wildman–Crippen LogP) is 1.48. The molecule has 6 heteroatoms. The van der Waals surface area contributed by atoms with Crippen LogP contribution >= 0.6 is 0 Å². The van der Waals surface area contributed by atoms with Crippen molar-refractivity contribution in [2.75, 3.05) is 6.54 Å². The molecule has 1 aromatic carbocycles. The molecule has 2 bridgehead atoms. The number of carbonyl (C=O) groups excluding carboxylic acids is 1. The quantitative estimate of drug-likeness (QED) is 0.819. The van der Waals surface area contributed by atoms with Gasteiger partial charge < -0.3 is 14.9 Å². The molecule has 6 nitrogen and oxygen atoms in total. The van der Waals surface area contributed by atoms with Gasteiger partial charge in [-0.25, -0.2) is 4.79 Å². The lowest BCUT2D eigenvalue weighted by atomic mass is 9.86. The average molecular weight is 305 g/mol. The van der Waals surface area contributed by atoms with Crippen LogP contribution < -0.4 is 0 Å². The Morgan fingerprint density at radius 1 is 1.23 bits per heavy atom. The number of aliphatic carboxylic acids is 1. The molecule has 0 aromatic heterocycles. The van der Waals surface area contributed by atoms with Gasteiger partial charge >= 0.3 is 11.9 Å². The van der Waals surface area contributed by atoms with E-state index in [0.29, 0.717) is 5.56 Å². The molecule has 3 rings (SSSR count). The van der Waals surface area contributed by atoms with E-state index in [4.69, 9.17) is 4.74 Å². The van der Waals surface area contributed by atoms with Gasteiger partial charge in [-0.2, -0.15) is 0 Å². The molecule has 0 amide bonds. The van der Waals surface area contributed by atoms with Gasteiger partial charge in [-0.1, -0.05) is 6.92 Å². The summed E-state index contributed by atoms with van der Waals surface area (Å²) in [6.45, 7) is 2.75. The van der Waals surface area contributed by atoms with Crippen LogP contribution in [0.25, 0.3) is 0 Å². The second kappa shape index (κ2) is 5.61. The number of hydrogen-bond acceptors (Lipinski definition) is 5. The first-order valence-corrected chi connectivity index (χ1v) is 7.51. The molecular formula is C16H19NO5. The molecule has 0 unspecified atom stereocenters. The minimum atomic E-state index is -0.908. The molecule has 2 saturated heterocycles. The Kier molecular flexibility index (Phi) is 3.78. The van der Waals surface area contributed by atoms with E-state index in [-0.39, 0.29) is 17.8 Å². The summed E-state index contributed by atoms with van der Waals surface area (Å²) >= 11 is 0. The number of fused-ring (bicyclic) bond motifs is 2. The number of carboxylic acids is 1. The van der Waals surface area contributed by atoms with Gasteiger partial charge in [0.15, 0.2) is 0 Å². The first kappa shape index (κ1) is 14.8. The van der Waals surface area contributed by atoms with E-state index in [0.717, 1.165) is 19.4 Å². The molecule has 2 fully saturated rings. The van der Waals surface area contributed by atoms with Crippen molar-refractivity contribution in [1.82, 2.24) is 4.90 Å².